The van der Waals surface area contributed by atoms with Crippen LogP contribution in [0.2, 0.25) is 0 Å². The van der Waals surface area contributed by atoms with Crippen molar-refractivity contribution in [3.05, 3.63) is 64.7 Å². The number of anilines is 1. The van der Waals surface area contributed by atoms with Crippen LogP contribution in [0, 0.1) is 6.92 Å². The predicted octanol–water partition coefficient (Wildman–Crippen LogP) is 2.73. The number of rotatable bonds is 4. The van der Waals surface area contributed by atoms with Gasteiger partial charge >= 0.3 is 0 Å². The van der Waals surface area contributed by atoms with Gasteiger partial charge in [0.2, 0.25) is 12.7 Å². The summed E-state index contributed by atoms with van der Waals surface area (Å²) in [6, 6.07) is 13.8. The number of hydrogen-bond donors (Lipinski definition) is 1. The summed E-state index contributed by atoms with van der Waals surface area (Å²) in [5, 5.41) is 7.31. The largest absolute Gasteiger partial charge is 0.454 e. The van der Waals surface area contributed by atoms with Gasteiger partial charge in [0.15, 0.2) is 17.3 Å². The number of benzene rings is 2. The summed E-state index contributed by atoms with van der Waals surface area (Å²) >= 11 is 0. The summed E-state index contributed by atoms with van der Waals surface area (Å²) in [4.78, 5) is 29.7. The summed E-state index contributed by atoms with van der Waals surface area (Å²) in [7, 11) is 0. The Bertz CT molecular complexity index is 1340. The molecule has 150 valence electrons. The van der Waals surface area contributed by atoms with Crippen LogP contribution in [0.15, 0.2) is 57.8 Å². The molecule has 0 saturated heterocycles. The number of pyridine rings is 1. The fourth-order valence-corrected chi connectivity index (χ4v) is 3.40. The van der Waals surface area contributed by atoms with E-state index in [9.17, 15) is 9.59 Å². The maximum absolute atomic E-state index is 12.8. The lowest BCUT2D eigenvalue weighted by Gasteiger charge is -2.12. The molecule has 0 aliphatic carbocycles. The van der Waals surface area contributed by atoms with Crippen LogP contribution in [-0.4, -0.2) is 27.4 Å². The monoisotopic (exact) mass is 404 g/mol. The molecule has 9 nitrogen and oxygen atoms in total. The number of amides is 1. The second-order valence-corrected chi connectivity index (χ2v) is 6.76. The lowest BCUT2D eigenvalue weighted by molar-refractivity contribution is -0.116. The topological polar surface area (TPSA) is 108 Å². The smallest absolute Gasteiger partial charge is 0.258 e. The van der Waals surface area contributed by atoms with E-state index in [0.717, 1.165) is 5.39 Å². The minimum atomic E-state index is -0.347. The van der Waals surface area contributed by atoms with Gasteiger partial charge in [0.25, 0.3) is 11.4 Å². The fraction of sp³-hybridized carbons (Fsp3) is 0.143. The number of hydrogen-bond acceptors (Lipinski definition) is 7. The van der Waals surface area contributed by atoms with E-state index in [1.165, 1.54) is 10.6 Å². The van der Waals surface area contributed by atoms with Gasteiger partial charge in [-0.1, -0.05) is 23.4 Å². The zero-order valence-electron chi connectivity index (χ0n) is 15.9. The van der Waals surface area contributed by atoms with Crippen LogP contribution in [0.25, 0.3) is 22.4 Å². The van der Waals surface area contributed by atoms with Crippen LogP contribution in [-0.2, 0) is 11.3 Å². The lowest BCUT2D eigenvalue weighted by Crippen LogP contribution is -2.27. The van der Waals surface area contributed by atoms with Crippen LogP contribution in [0.3, 0.4) is 0 Å². The molecule has 0 fully saturated rings. The summed E-state index contributed by atoms with van der Waals surface area (Å²) in [5.74, 6) is 1.58. The maximum atomic E-state index is 12.8. The number of carbonyl (C=O) groups excluding carboxylic acids is 1. The summed E-state index contributed by atoms with van der Waals surface area (Å²) in [6.45, 7) is 1.70. The van der Waals surface area contributed by atoms with E-state index in [0.29, 0.717) is 34.1 Å². The first-order chi connectivity index (χ1) is 14.6. The molecule has 30 heavy (non-hydrogen) atoms. The quantitative estimate of drug-likeness (QED) is 0.557. The molecule has 0 radical (unpaired) electrons. The van der Waals surface area contributed by atoms with Crippen LogP contribution >= 0.6 is 0 Å². The van der Waals surface area contributed by atoms with Gasteiger partial charge in [-0.15, -0.1) is 0 Å². The second-order valence-electron chi connectivity index (χ2n) is 6.76. The Balaban J connectivity index is 1.48. The molecule has 5 rings (SSSR count). The molecule has 0 atom stereocenters. The van der Waals surface area contributed by atoms with Crippen LogP contribution in [0.5, 0.6) is 11.5 Å². The van der Waals surface area contributed by atoms with Crippen molar-refractivity contribution in [1.29, 1.82) is 0 Å². The molecule has 0 saturated carbocycles. The Morgan fingerprint density at radius 2 is 1.97 bits per heavy atom. The minimum absolute atomic E-state index is 0.153. The van der Waals surface area contributed by atoms with Crippen molar-refractivity contribution in [3.63, 3.8) is 0 Å². The Morgan fingerprint density at radius 1 is 1.13 bits per heavy atom. The summed E-state index contributed by atoms with van der Waals surface area (Å²) in [6.07, 6.45) is 0. The van der Waals surface area contributed by atoms with Crippen LogP contribution in [0.1, 0.15) is 5.82 Å². The minimum Gasteiger partial charge on any atom is -0.454 e. The highest BCUT2D eigenvalue weighted by Gasteiger charge is 2.17. The Kier molecular flexibility index (Phi) is 4.20. The number of fused-ring (bicyclic) bond motifs is 2. The molecule has 2 aromatic carbocycles. The van der Waals surface area contributed by atoms with Crippen molar-refractivity contribution in [1.82, 2.24) is 14.7 Å². The molecule has 0 bridgehead atoms. The molecule has 0 spiro atoms. The average molecular weight is 404 g/mol. The van der Waals surface area contributed by atoms with Crippen molar-refractivity contribution in [2.45, 2.75) is 13.5 Å². The second kappa shape index (κ2) is 7.03. The first-order valence-electron chi connectivity index (χ1n) is 9.21. The first-order valence-corrected chi connectivity index (χ1v) is 9.21. The third-order valence-electron chi connectivity index (χ3n) is 4.73. The van der Waals surface area contributed by atoms with Crippen molar-refractivity contribution in [3.8, 4) is 23.0 Å². The third-order valence-corrected chi connectivity index (χ3v) is 4.73. The maximum Gasteiger partial charge on any atom is 0.258 e. The highest BCUT2D eigenvalue weighted by atomic mass is 16.7. The highest BCUT2D eigenvalue weighted by molar-refractivity contribution is 5.95. The summed E-state index contributed by atoms with van der Waals surface area (Å²) < 4.78 is 17.2. The fourth-order valence-electron chi connectivity index (χ4n) is 3.40. The Hall–Kier alpha value is -4.14. The van der Waals surface area contributed by atoms with E-state index in [2.05, 4.69) is 15.5 Å². The van der Waals surface area contributed by atoms with Crippen molar-refractivity contribution >= 4 is 22.5 Å². The Labute approximate surface area is 169 Å². The van der Waals surface area contributed by atoms with Crippen molar-refractivity contribution in [2.24, 2.45) is 0 Å². The van der Waals surface area contributed by atoms with E-state index in [1.807, 2.05) is 12.1 Å². The number of ether oxygens (including phenoxy) is 2. The van der Waals surface area contributed by atoms with Gasteiger partial charge in [-0.2, -0.15) is 4.98 Å². The normalized spacial score (nSPS) is 12.3. The third kappa shape index (κ3) is 3.16. The van der Waals surface area contributed by atoms with E-state index >= 15 is 0 Å². The number of para-hydroxylation sites is 1. The Morgan fingerprint density at radius 3 is 2.80 bits per heavy atom. The van der Waals surface area contributed by atoms with Crippen LogP contribution < -0.4 is 20.3 Å². The SMILES string of the molecule is Cc1noc(-c2cc(=O)n(CC(=O)Nc3ccc4c(c3)OCO4)c3ccccc23)n1. The standard InChI is InChI=1S/C21H16N4O5/c1-12-22-21(30-24-12)15-9-20(27)25(16-5-3-2-4-14(15)16)10-19(26)23-13-6-7-17-18(8-13)29-11-28-17/h2-9H,10-11H2,1H3,(H,23,26). The van der Waals surface area contributed by atoms with E-state index < -0.39 is 0 Å². The molecule has 2 aromatic heterocycles. The molecule has 1 aliphatic heterocycles. The predicted molar refractivity (Wildman–Crippen MR) is 107 cm³/mol. The lowest BCUT2D eigenvalue weighted by atomic mass is 10.1. The van der Waals surface area contributed by atoms with Crippen molar-refractivity contribution in [2.75, 3.05) is 12.1 Å². The molecule has 1 N–H and O–H groups in total. The number of carbonyl (C=O) groups is 1. The van der Waals surface area contributed by atoms with Gasteiger partial charge in [0, 0.05) is 23.2 Å². The van der Waals surface area contributed by atoms with E-state index in [1.54, 1.807) is 37.3 Å². The van der Waals surface area contributed by atoms with Crippen LogP contribution in [0.4, 0.5) is 5.69 Å². The zero-order valence-corrected chi connectivity index (χ0v) is 15.9. The first kappa shape index (κ1) is 17.9. The van der Waals surface area contributed by atoms with Gasteiger partial charge < -0.3 is 19.3 Å². The van der Waals surface area contributed by atoms with Gasteiger partial charge in [0.1, 0.15) is 6.54 Å². The number of aryl methyl sites for hydroxylation is 1. The molecule has 9 heteroatoms. The number of aromatic nitrogens is 3. The average Bonchev–Trinajstić information content (AvgIpc) is 3.38. The van der Waals surface area contributed by atoms with Gasteiger partial charge in [-0.25, -0.2) is 0 Å². The molecule has 0 unspecified atom stereocenters. The van der Waals surface area contributed by atoms with Gasteiger partial charge in [-0.3, -0.25) is 14.2 Å². The molecule has 1 aliphatic rings. The highest BCUT2D eigenvalue weighted by Crippen LogP contribution is 2.34. The number of nitrogens with one attached hydrogen (secondary N) is 1. The number of nitrogens with zero attached hydrogens (tertiary/aromatic N) is 3. The molecule has 3 heterocycles. The van der Waals surface area contributed by atoms with Crippen molar-refractivity contribution < 1.29 is 18.8 Å². The molecular weight excluding hydrogens is 388 g/mol. The molecular formula is C21H16N4O5. The summed E-state index contributed by atoms with van der Waals surface area (Å²) in [5.41, 5.74) is 1.33. The van der Waals surface area contributed by atoms with Gasteiger partial charge in [0.05, 0.1) is 11.1 Å². The van der Waals surface area contributed by atoms with E-state index in [4.69, 9.17) is 14.0 Å². The van der Waals surface area contributed by atoms with E-state index in [-0.39, 0.29) is 30.7 Å². The molecule has 4 aromatic rings. The molecule has 1 amide bonds. The zero-order chi connectivity index (χ0) is 20.7. The van der Waals surface area contributed by atoms with Gasteiger partial charge in [-0.05, 0) is 25.1 Å².